The first-order valence-corrected chi connectivity index (χ1v) is 6.32. The lowest BCUT2D eigenvalue weighted by atomic mass is 10.1. The average molecular weight is 253 g/mol. The quantitative estimate of drug-likeness (QED) is 0.732. The third-order valence-electron chi connectivity index (χ3n) is 2.55. The third kappa shape index (κ3) is 1.73. The van der Waals surface area contributed by atoms with Gasteiger partial charge in [0.15, 0.2) is 5.82 Å². The molecule has 3 heterocycles. The highest BCUT2D eigenvalue weighted by molar-refractivity contribution is 7.08. The Kier molecular flexibility index (Phi) is 2.63. The number of nitrogens with zero attached hydrogens (tertiary/aromatic N) is 2. The summed E-state index contributed by atoms with van der Waals surface area (Å²) in [5.74, 6) is 0.715. The monoisotopic (exact) mass is 252 g/mol. The fourth-order valence-corrected chi connectivity index (χ4v) is 2.59. The Morgan fingerprint density at radius 1 is 1.38 bits per heavy atom. The van der Waals surface area contributed by atoms with E-state index in [9.17, 15) is 0 Å². The Morgan fingerprint density at radius 2 is 2.31 bits per heavy atom. The van der Waals surface area contributed by atoms with Crippen LogP contribution in [0.15, 0.2) is 16.8 Å². The molecule has 0 bridgehead atoms. The van der Waals surface area contributed by atoms with E-state index in [2.05, 4.69) is 9.97 Å². The van der Waals surface area contributed by atoms with Gasteiger partial charge in [0.2, 0.25) is 0 Å². The lowest BCUT2D eigenvalue weighted by Crippen LogP contribution is -2.13. The minimum Gasteiger partial charge on any atom is -0.376 e. The van der Waals surface area contributed by atoms with Crippen LogP contribution in [0.3, 0.4) is 0 Å². The minimum absolute atomic E-state index is 0.519. The van der Waals surface area contributed by atoms with Crippen molar-refractivity contribution in [3.8, 4) is 11.4 Å². The summed E-state index contributed by atoms with van der Waals surface area (Å²) >= 11 is 7.77. The van der Waals surface area contributed by atoms with Crippen LogP contribution >= 0.6 is 22.9 Å². The van der Waals surface area contributed by atoms with Crippen LogP contribution in [0.4, 0.5) is 0 Å². The van der Waals surface area contributed by atoms with Gasteiger partial charge in [-0.2, -0.15) is 11.3 Å². The lowest BCUT2D eigenvalue weighted by molar-refractivity contribution is 0.109. The summed E-state index contributed by atoms with van der Waals surface area (Å²) < 4.78 is 5.34. The summed E-state index contributed by atoms with van der Waals surface area (Å²) in [6.07, 6.45) is 0.814. The number of rotatable bonds is 1. The SMILES string of the molecule is Clc1nc(-c2ccsc2)nc2c1COCC2. The van der Waals surface area contributed by atoms with Gasteiger partial charge < -0.3 is 4.74 Å². The second kappa shape index (κ2) is 4.13. The number of aromatic nitrogens is 2. The molecular formula is C11H9ClN2OS. The molecule has 0 saturated carbocycles. The number of hydrogen-bond acceptors (Lipinski definition) is 4. The summed E-state index contributed by atoms with van der Waals surface area (Å²) in [6.45, 7) is 1.24. The van der Waals surface area contributed by atoms with Crippen LogP contribution in [0.25, 0.3) is 11.4 Å². The molecule has 5 heteroatoms. The smallest absolute Gasteiger partial charge is 0.161 e. The van der Waals surface area contributed by atoms with Gasteiger partial charge in [0.1, 0.15) is 5.15 Å². The molecule has 0 fully saturated rings. The molecule has 0 aromatic carbocycles. The normalized spacial score (nSPS) is 14.8. The first-order chi connectivity index (χ1) is 7.84. The Bertz CT molecular complexity index is 513. The number of thiophene rings is 1. The van der Waals surface area contributed by atoms with E-state index < -0.39 is 0 Å². The fourth-order valence-electron chi connectivity index (χ4n) is 1.71. The van der Waals surface area contributed by atoms with E-state index in [1.165, 1.54) is 0 Å². The Morgan fingerprint density at radius 3 is 3.12 bits per heavy atom. The molecule has 16 heavy (non-hydrogen) atoms. The van der Waals surface area contributed by atoms with Crippen molar-refractivity contribution in [2.45, 2.75) is 13.0 Å². The number of fused-ring (bicyclic) bond motifs is 1. The van der Waals surface area contributed by atoms with Gasteiger partial charge in [-0.1, -0.05) is 11.6 Å². The largest absolute Gasteiger partial charge is 0.376 e. The van der Waals surface area contributed by atoms with Crippen LogP contribution in [-0.4, -0.2) is 16.6 Å². The standard InChI is InChI=1S/C11H9ClN2OS/c12-10-8-5-15-3-1-9(8)13-11(14-10)7-2-4-16-6-7/h2,4,6H,1,3,5H2. The predicted octanol–water partition coefficient (Wildman–Crippen LogP) is 2.93. The molecule has 0 aliphatic carbocycles. The van der Waals surface area contributed by atoms with E-state index in [4.69, 9.17) is 16.3 Å². The van der Waals surface area contributed by atoms with Gasteiger partial charge in [-0.15, -0.1) is 0 Å². The van der Waals surface area contributed by atoms with Gasteiger partial charge in [0, 0.05) is 22.9 Å². The number of hydrogen-bond donors (Lipinski definition) is 0. The first-order valence-electron chi connectivity index (χ1n) is 5.00. The van der Waals surface area contributed by atoms with Crippen molar-refractivity contribution in [2.75, 3.05) is 6.61 Å². The van der Waals surface area contributed by atoms with Crippen molar-refractivity contribution in [3.63, 3.8) is 0 Å². The van der Waals surface area contributed by atoms with Crippen LogP contribution in [0.5, 0.6) is 0 Å². The van der Waals surface area contributed by atoms with E-state index in [0.29, 0.717) is 24.2 Å². The summed E-state index contributed by atoms with van der Waals surface area (Å²) in [6, 6.07) is 2.00. The maximum atomic E-state index is 6.14. The average Bonchev–Trinajstić information content (AvgIpc) is 2.82. The highest BCUT2D eigenvalue weighted by Crippen LogP contribution is 2.26. The van der Waals surface area contributed by atoms with Crippen molar-refractivity contribution < 1.29 is 4.74 Å². The molecule has 82 valence electrons. The van der Waals surface area contributed by atoms with Crippen molar-refractivity contribution in [3.05, 3.63) is 33.2 Å². The van der Waals surface area contributed by atoms with Crippen molar-refractivity contribution in [1.82, 2.24) is 9.97 Å². The van der Waals surface area contributed by atoms with Crippen molar-refractivity contribution >= 4 is 22.9 Å². The molecule has 0 spiro atoms. The van der Waals surface area contributed by atoms with Gasteiger partial charge in [-0.3, -0.25) is 0 Å². The van der Waals surface area contributed by atoms with Gasteiger partial charge in [-0.25, -0.2) is 9.97 Å². The van der Waals surface area contributed by atoms with Crippen LogP contribution in [0.2, 0.25) is 5.15 Å². The molecule has 0 saturated heterocycles. The zero-order chi connectivity index (χ0) is 11.0. The van der Waals surface area contributed by atoms with E-state index in [-0.39, 0.29) is 0 Å². The molecule has 0 amide bonds. The van der Waals surface area contributed by atoms with Crippen molar-refractivity contribution in [2.24, 2.45) is 0 Å². The molecular weight excluding hydrogens is 244 g/mol. The van der Waals surface area contributed by atoms with E-state index in [1.807, 2.05) is 16.8 Å². The summed E-state index contributed by atoms with van der Waals surface area (Å²) in [5, 5.41) is 4.55. The van der Waals surface area contributed by atoms with Crippen LogP contribution < -0.4 is 0 Å². The van der Waals surface area contributed by atoms with Crippen LogP contribution in [-0.2, 0) is 17.8 Å². The van der Waals surface area contributed by atoms with E-state index in [1.54, 1.807) is 11.3 Å². The van der Waals surface area contributed by atoms with Gasteiger partial charge in [0.25, 0.3) is 0 Å². The molecule has 0 N–H and O–H groups in total. The Labute approximate surface area is 102 Å². The molecule has 0 atom stereocenters. The Balaban J connectivity index is 2.12. The summed E-state index contributed by atoms with van der Waals surface area (Å²) in [5.41, 5.74) is 2.99. The Hall–Kier alpha value is -0.970. The molecule has 1 aliphatic rings. The highest BCUT2D eigenvalue weighted by Gasteiger charge is 2.17. The minimum atomic E-state index is 0.519. The topological polar surface area (TPSA) is 35.0 Å². The summed E-state index contributed by atoms with van der Waals surface area (Å²) in [4.78, 5) is 8.86. The summed E-state index contributed by atoms with van der Waals surface area (Å²) in [7, 11) is 0. The maximum Gasteiger partial charge on any atom is 0.161 e. The second-order valence-corrected chi connectivity index (χ2v) is 4.72. The van der Waals surface area contributed by atoms with Gasteiger partial charge in [-0.05, 0) is 11.4 Å². The molecule has 2 aromatic heterocycles. The lowest BCUT2D eigenvalue weighted by Gasteiger charge is -2.16. The molecule has 0 unspecified atom stereocenters. The third-order valence-corrected chi connectivity index (χ3v) is 3.55. The molecule has 2 aromatic rings. The molecule has 3 nitrogen and oxygen atoms in total. The van der Waals surface area contributed by atoms with Crippen molar-refractivity contribution in [1.29, 1.82) is 0 Å². The second-order valence-electron chi connectivity index (χ2n) is 3.58. The van der Waals surface area contributed by atoms with Crippen LogP contribution in [0, 0.1) is 0 Å². The van der Waals surface area contributed by atoms with Gasteiger partial charge >= 0.3 is 0 Å². The maximum absolute atomic E-state index is 6.14. The zero-order valence-corrected chi connectivity index (χ0v) is 10.0. The fraction of sp³-hybridized carbons (Fsp3) is 0.273. The molecule has 0 radical (unpaired) electrons. The first kappa shape index (κ1) is 10.2. The molecule has 1 aliphatic heterocycles. The molecule has 3 rings (SSSR count). The predicted molar refractivity (Wildman–Crippen MR) is 63.7 cm³/mol. The zero-order valence-electron chi connectivity index (χ0n) is 8.44. The van der Waals surface area contributed by atoms with E-state index >= 15 is 0 Å². The highest BCUT2D eigenvalue weighted by atomic mass is 35.5. The number of ether oxygens (including phenoxy) is 1. The van der Waals surface area contributed by atoms with Gasteiger partial charge in [0.05, 0.1) is 18.9 Å². The van der Waals surface area contributed by atoms with E-state index in [0.717, 1.165) is 23.2 Å². The number of halogens is 1. The van der Waals surface area contributed by atoms with Crippen LogP contribution in [0.1, 0.15) is 11.3 Å².